The predicted molar refractivity (Wildman–Crippen MR) is 151 cm³/mol. The van der Waals surface area contributed by atoms with Crippen LogP contribution >= 0.6 is 0 Å². The number of rotatable bonds is 6. The van der Waals surface area contributed by atoms with Gasteiger partial charge in [0.25, 0.3) is 0 Å². The van der Waals surface area contributed by atoms with Crippen LogP contribution in [0.4, 0.5) is 21.9 Å². The van der Waals surface area contributed by atoms with Crippen molar-refractivity contribution in [3.8, 4) is 0 Å². The molecule has 1 unspecified atom stereocenters. The second-order valence-electron chi connectivity index (χ2n) is 9.08. The summed E-state index contributed by atoms with van der Waals surface area (Å²) in [5.41, 5.74) is 6.20. The van der Waals surface area contributed by atoms with Gasteiger partial charge in [-0.25, -0.2) is 18.4 Å². The van der Waals surface area contributed by atoms with Crippen molar-refractivity contribution in [3.63, 3.8) is 0 Å². The van der Waals surface area contributed by atoms with E-state index < -0.39 is 10.0 Å². The number of hydrogen-bond acceptors (Lipinski definition) is 5. The Balaban J connectivity index is 1.38. The van der Waals surface area contributed by atoms with Crippen molar-refractivity contribution in [1.82, 2.24) is 0 Å². The predicted octanol–water partition coefficient (Wildman–Crippen LogP) is 5.64. The molecule has 8 nitrogen and oxygen atoms in total. The molecule has 38 heavy (non-hydrogen) atoms. The van der Waals surface area contributed by atoms with E-state index in [1.165, 1.54) is 12.1 Å². The Morgan fingerprint density at radius 1 is 0.842 bits per heavy atom. The molecule has 0 radical (unpaired) electrons. The Labute approximate surface area is 221 Å². The first-order valence-corrected chi connectivity index (χ1v) is 13.6. The Morgan fingerprint density at radius 3 is 2.05 bits per heavy atom. The van der Waals surface area contributed by atoms with Gasteiger partial charge in [0.2, 0.25) is 10.0 Å². The molecule has 4 N–H and O–H groups in total. The Bertz CT molecular complexity index is 1570. The molecule has 5 rings (SSSR count). The van der Waals surface area contributed by atoms with Crippen LogP contribution in [0.2, 0.25) is 0 Å². The third-order valence-electron chi connectivity index (χ3n) is 6.31. The Kier molecular flexibility index (Phi) is 6.95. The van der Waals surface area contributed by atoms with Gasteiger partial charge in [0, 0.05) is 17.8 Å². The van der Waals surface area contributed by atoms with Crippen LogP contribution in [-0.4, -0.2) is 20.2 Å². The molecule has 0 fully saturated rings. The third kappa shape index (κ3) is 5.74. The fourth-order valence-electron chi connectivity index (χ4n) is 4.32. The van der Waals surface area contributed by atoms with E-state index in [0.717, 1.165) is 28.1 Å². The lowest BCUT2D eigenvalue weighted by atomic mass is 9.97. The summed E-state index contributed by atoms with van der Waals surface area (Å²) in [5, 5.41) is 17.7. The maximum atomic E-state index is 12.3. The molecule has 1 aliphatic heterocycles. The van der Waals surface area contributed by atoms with Gasteiger partial charge in [0.05, 0.1) is 22.3 Å². The van der Waals surface area contributed by atoms with Gasteiger partial charge in [-0.3, -0.25) is 5.01 Å². The number of nitrogens with two attached hydrogens (primary N) is 1. The molecular weight excluding hydrogens is 498 g/mol. The minimum Gasteiger partial charge on any atom is -0.308 e. The van der Waals surface area contributed by atoms with E-state index in [1.54, 1.807) is 12.1 Å². The molecule has 9 heteroatoms. The van der Waals surface area contributed by atoms with Gasteiger partial charge in [-0.15, -0.1) is 0 Å². The van der Waals surface area contributed by atoms with Crippen LogP contribution in [0.5, 0.6) is 0 Å². The number of sulfonamides is 1. The topological polar surface area (TPSA) is 117 Å². The summed E-state index contributed by atoms with van der Waals surface area (Å²) < 4.78 is 23.4. The number of urea groups is 1. The summed E-state index contributed by atoms with van der Waals surface area (Å²) in [6.45, 7) is 2.04. The lowest BCUT2D eigenvalue weighted by Gasteiger charge is -2.24. The molecule has 0 saturated heterocycles. The highest BCUT2D eigenvalue weighted by Gasteiger charge is 2.30. The van der Waals surface area contributed by atoms with Gasteiger partial charge in [-0.05, 0) is 66.6 Å². The molecule has 1 atom stereocenters. The van der Waals surface area contributed by atoms with Crippen LogP contribution < -0.4 is 20.8 Å². The normalized spacial score (nSPS) is 15.2. The smallest absolute Gasteiger partial charge is 0.308 e. The zero-order valence-electron chi connectivity index (χ0n) is 20.7. The van der Waals surface area contributed by atoms with Crippen molar-refractivity contribution < 1.29 is 13.2 Å². The Hall–Kier alpha value is -4.47. The zero-order chi connectivity index (χ0) is 26.7. The lowest BCUT2D eigenvalue weighted by Crippen LogP contribution is -2.19. The number of nitrogens with one attached hydrogen (secondary N) is 2. The number of hydrazone groups is 1. The number of carbonyl (C=O) groups is 1. The summed E-state index contributed by atoms with van der Waals surface area (Å²) >= 11 is 0. The molecule has 192 valence electrons. The number of benzene rings is 4. The van der Waals surface area contributed by atoms with Crippen LogP contribution in [0.3, 0.4) is 0 Å². The van der Waals surface area contributed by atoms with E-state index >= 15 is 0 Å². The van der Waals surface area contributed by atoms with E-state index in [-0.39, 0.29) is 17.0 Å². The summed E-state index contributed by atoms with van der Waals surface area (Å²) in [4.78, 5) is 12.4. The quantitative estimate of drug-likeness (QED) is 0.302. The van der Waals surface area contributed by atoms with E-state index in [1.807, 2.05) is 66.5 Å². The summed E-state index contributed by atoms with van der Waals surface area (Å²) in [6.07, 6.45) is 0.654. The van der Waals surface area contributed by atoms with Crippen molar-refractivity contribution in [2.45, 2.75) is 24.3 Å². The maximum Gasteiger partial charge on any atom is 0.323 e. The van der Waals surface area contributed by atoms with E-state index in [9.17, 15) is 13.2 Å². The molecule has 0 saturated carbocycles. The number of anilines is 3. The monoisotopic (exact) mass is 525 g/mol. The van der Waals surface area contributed by atoms with Gasteiger partial charge in [0.15, 0.2) is 0 Å². The third-order valence-corrected chi connectivity index (χ3v) is 7.24. The van der Waals surface area contributed by atoms with Crippen LogP contribution in [0, 0.1) is 6.92 Å². The molecule has 0 aromatic heterocycles. The Morgan fingerprint density at radius 2 is 1.45 bits per heavy atom. The molecule has 1 heterocycles. The van der Waals surface area contributed by atoms with Crippen LogP contribution in [0.15, 0.2) is 113 Å². The first-order chi connectivity index (χ1) is 18.3. The molecule has 0 spiro atoms. The highest BCUT2D eigenvalue weighted by Crippen LogP contribution is 2.37. The molecule has 4 aromatic rings. The molecule has 4 aromatic carbocycles. The number of carbonyl (C=O) groups excluding carboxylic acids is 1. The summed E-state index contributed by atoms with van der Waals surface area (Å²) in [6, 6.07) is 31.1. The number of hydrogen-bond donors (Lipinski definition) is 3. The number of para-hydroxylation sites is 1. The van der Waals surface area contributed by atoms with Crippen molar-refractivity contribution in [3.05, 3.63) is 120 Å². The van der Waals surface area contributed by atoms with Crippen LogP contribution in [-0.2, 0) is 10.0 Å². The second-order valence-corrected chi connectivity index (χ2v) is 10.6. The number of nitrogens with zero attached hydrogens (tertiary/aromatic N) is 2. The number of aryl methyl sites for hydroxylation is 1. The first kappa shape index (κ1) is 25.2. The molecule has 1 aliphatic rings. The SMILES string of the molecule is Cc1ccc(C2CC(c3ccc(NC(=O)Nc4ccccc4)cc3)=NN2c2ccc(S(N)(=O)=O)cc2)cc1. The van der Waals surface area contributed by atoms with E-state index in [2.05, 4.69) is 34.9 Å². The molecular formula is C29H27N5O3S. The highest BCUT2D eigenvalue weighted by molar-refractivity contribution is 7.89. The standard InChI is InChI=1S/C29H27N5O3S/c1-20-7-9-22(10-8-20)28-19-27(33-34(28)25-15-17-26(18-16-25)38(30,36)37)21-11-13-24(14-12-21)32-29(35)31-23-5-3-2-4-6-23/h2-18,28H,19H2,1H3,(H2,30,36,37)(H2,31,32,35). The molecule has 0 aliphatic carbocycles. The van der Waals surface area contributed by atoms with E-state index in [0.29, 0.717) is 17.8 Å². The highest BCUT2D eigenvalue weighted by atomic mass is 32.2. The van der Waals surface area contributed by atoms with Crippen molar-refractivity contribution in [2.24, 2.45) is 10.2 Å². The summed E-state index contributed by atoms with van der Waals surface area (Å²) in [7, 11) is -3.79. The largest absolute Gasteiger partial charge is 0.323 e. The first-order valence-electron chi connectivity index (χ1n) is 12.1. The minimum atomic E-state index is -3.79. The van der Waals surface area contributed by atoms with Crippen LogP contribution in [0.25, 0.3) is 0 Å². The zero-order valence-corrected chi connectivity index (χ0v) is 21.5. The van der Waals surface area contributed by atoms with Gasteiger partial charge in [-0.2, -0.15) is 5.10 Å². The number of primary sulfonamides is 1. The van der Waals surface area contributed by atoms with Gasteiger partial charge in [0.1, 0.15) is 0 Å². The van der Waals surface area contributed by atoms with Gasteiger partial charge < -0.3 is 10.6 Å². The van der Waals surface area contributed by atoms with Gasteiger partial charge >= 0.3 is 6.03 Å². The lowest BCUT2D eigenvalue weighted by molar-refractivity contribution is 0.262. The van der Waals surface area contributed by atoms with Crippen molar-refractivity contribution >= 4 is 38.8 Å². The average Bonchev–Trinajstić information content (AvgIpc) is 3.35. The van der Waals surface area contributed by atoms with E-state index in [4.69, 9.17) is 10.2 Å². The number of amides is 2. The van der Waals surface area contributed by atoms with Crippen LogP contribution in [0.1, 0.15) is 29.2 Å². The minimum absolute atomic E-state index is 0.0518. The second kappa shape index (κ2) is 10.5. The molecule has 2 amide bonds. The van der Waals surface area contributed by atoms with Crippen molar-refractivity contribution in [1.29, 1.82) is 0 Å². The fourth-order valence-corrected chi connectivity index (χ4v) is 4.84. The maximum absolute atomic E-state index is 12.3. The summed E-state index contributed by atoms with van der Waals surface area (Å²) in [5.74, 6) is 0. The van der Waals surface area contributed by atoms with Crippen molar-refractivity contribution in [2.75, 3.05) is 15.6 Å². The molecule has 0 bridgehead atoms. The van der Waals surface area contributed by atoms with Gasteiger partial charge in [-0.1, -0.05) is 60.2 Å². The fraction of sp³-hybridized carbons (Fsp3) is 0.103. The average molecular weight is 526 g/mol.